The Hall–Kier alpha value is -2.33. The first kappa shape index (κ1) is 17.1. The minimum atomic E-state index is -0.329. The van der Waals surface area contributed by atoms with Gasteiger partial charge in [-0.15, -0.1) is 0 Å². The SMILES string of the molecule is COc1cc2c(cc1OC)CC(C=Nc1ccc3c(c1)C(O)CC3)CC2. The Morgan fingerprint density at radius 3 is 2.46 bits per heavy atom. The Bertz CT molecular complexity index is 844. The smallest absolute Gasteiger partial charge is 0.161 e. The molecule has 2 aliphatic rings. The molecule has 136 valence electrons. The summed E-state index contributed by atoms with van der Waals surface area (Å²) in [5, 5.41) is 10.1. The fraction of sp³-hybridized carbons (Fsp3) is 0.409. The summed E-state index contributed by atoms with van der Waals surface area (Å²) in [5.74, 6) is 2.00. The van der Waals surface area contributed by atoms with Gasteiger partial charge in [0.1, 0.15) is 0 Å². The third-order valence-corrected chi connectivity index (χ3v) is 5.58. The van der Waals surface area contributed by atoms with Gasteiger partial charge in [0.15, 0.2) is 11.5 Å². The standard InChI is InChI=1S/C22H25NO3/c1-25-21-10-16-4-3-14(9-17(16)11-22(21)26-2)13-23-18-7-5-15-6-8-20(24)19(15)12-18/h5,7,10-14,20,24H,3-4,6,8-9H2,1-2H3. The molecule has 2 aromatic rings. The van der Waals surface area contributed by atoms with Crippen molar-refractivity contribution in [1.82, 2.24) is 0 Å². The molecule has 0 heterocycles. The topological polar surface area (TPSA) is 51.0 Å². The lowest BCUT2D eigenvalue weighted by Crippen LogP contribution is -2.15. The molecule has 0 spiro atoms. The number of hydrogen-bond acceptors (Lipinski definition) is 4. The van der Waals surface area contributed by atoms with E-state index in [0.717, 1.165) is 54.9 Å². The fourth-order valence-corrected chi connectivity index (χ4v) is 4.08. The van der Waals surface area contributed by atoms with Gasteiger partial charge in [-0.25, -0.2) is 0 Å². The average molecular weight is 351 g/mol. The van der Waals surface area contributed by atoms with Gasteiger partial charge in [-0.1, -0.05) is 6.07 Å². The van der Waals surface area contributed by atoms with E-state index in [1.165, 1.54) is 16.7 Å². The van der Waals surface area contributed by atoms with E-state index < -0.39 is 0 Å². The van der Waals surface area contributed by atoms with E-state index in [2.05, 4.69) is 30.5 Å². The molecule has 1 N–H and O–H groups in total. The van der Waals surface area contributed by atoms with Crippen LogP contribution in [0.25, 0.3) is 0 Å². The average Bonchev–Trinajstić information content (AvgIpc) is 3.05. The zero-order valence-corrected chi connectivity index (χ0v) is 15.4. The van der Waals surface area contributed by atoms with Crippen molar-refractivity contribution < 1.29 is 14.6 Å². The van der Waals surface area contributed by atoms with E-state index in [4.69, 9.17) is 14.5 Å². The van der Waals surface area contributed by atoms with Crippen LogP contribution in [-0.4, -0.2) is 25.5 Å². The second-order valence-corrected chi connectivity index (χ2v) is 7.19. The molecule has 2 atom stereocenters. The monoisotopic (exact) mass is 351 g/mol. The summed E-state index contributed by atoms with van der Waals surface area (Å²) < 4.78 is 10.8. The number of aliphatic hydroxyl groups is 1. The summed E-state index contributed by atoms with van der Waals surface area (Å²) in [5.41, 5.74) is 5.89. The fourth-order valence-electron chi connectivity index (χ4n) is 4.08. The molecule has 0 amide bonds. The van der Waals surface area contributed by atoms with Gasteiger partial charge in [0.25, 0.3) is 0 Å². The molecule has 0 aromatic heterocycles. The number of rotatable bonds is 4. The molecule has 4 rings (SSSR count). The molecule has 0 bridgehead atoms. The van der Waals surface area contributed by atoms with Crippen LogP contribution in [-0.2, 0) is 19.3 Å². The molecule has 2 unspecified atom stereocenters. The van der Waals surface area contributed by atoms with Gasteiger partial charge in [-0.3, -0.25) is 4.99 Å². The molecular formula is C22H25NO3. The zero-order valence-electron chi connectivity index (χ0n) is 15.4. The number of nitrogens with zero attached hydrogens (tertiary/aromatic N) is 1. The van der Waals surface area contributed by atoms with Gasteiger partial charge in [0, 0.05) is 6.21 Å². The quantitative estimate of drug-likeness (QED) is 0.840. The Morgan fingerprint density at radius 1 is 0.962 bits per heavy atom. The van der Waals surface area contributed by atoms with Crippen molar-refractivity contribution in [2.24, 2.45) is 10.9 Å². The second kappa shape index (κ2) is 7.12. The number of hydrogen-bond donors (Lipinski definition) is 1. The van der Waals surface area contributed by atoms with Gasteiger partial charge in [0.05, 0.1) is 26.0 Å². The van der Waals surface area contributed by atoms with Crippen molar-refractivity contribution in [3.63, 3.8) is 0 Å². The van der Waals surface area contributed by atoms with Crippen LogP contribution in [0.15, 0.2) is 35.3 Å². The maximum atomic E-state index is 10.1. The molecule has 2 aromatic carbocycles. The van der Waals surface area contributed by atoms with E-state index >= 15 is 0 Å². The number of benzene rings is 2. The molecule has 4 heteroatoms. The van der Waals surface area contributed by atoms with Gasteiger partial charge in [0.2, 0.25) is 0 Å². The molecular weight excluding hydrogens is 326 g/mol. The summed E-state index contributed by atoms with van der Waals surface area (Å²) in [4.78, 5) is 4.70. The molecule has 0 fully saturated rings. The maximum Gasteiger partial charge on any atom is 0.161 e. The van der Waals surface area contributed by atoms with Crippen LogP contribution in [0.5, 0.6) is 11.5 Å². The number of aliphatic hydroxyl groups excluding tert-OH is 1. The molecule has 26 heavy (non-hydrogen) atoms. The highest BCUT2D eigenvalue weighted by Gasteiger charge is 2.21. The first-order valence-corrected chi connectivity index (χ1v) is 9.26. The van der Waals surface area contributed by atoms with Crippen molar-refractivity contribution in [2.75, 3.05) is 14.2 Å². The summed E-state index contributed by atoms with van der Waals surface area (Å²) >= 11 is 0. The number of aliphatic imine (C=N–C) groups is 1. The Kier molecular flexibility index (Phi) is 4.68. The summed E-state index contributed by atoms with van der Waals surface area (Å²) in [6, 6.07) is 10.4. The summed E-state index contributed by atoms with van der Waals surface area (Å²) in [6.45, 7) is 0. The van der Waals surface area contributed by atoms with E-state index in [0.29, 0.717) is 5.92 Å². The molecule has 2 aliphatic carbocycles. The minimum Gasteiger partial charge on any atom is -0.493 e. The van der Waals surface area contributed by atoms with Crippen molar-refractivity contribution in [3.05, 3.63) is 52.6 Å². The summed E-state index contributed by atoms with van der Waals surface area (Å²) in [7, 11) is 3.35. The van der Waals surface area contributed by atoms with Crippen LogP contribution in [0.2, 0.25) is 0 Å². The van der Waals surface area contributed by atoms with Gasteiger partial charge in [-0.05, 0) is 84.5 Å². The van der Waals surface area contributed by atoms with Crippen LogP contribution in [0, 0.1) is 5.92 Å². The first-order valence-electron chi connectivity index (χ1n) is 9.26. The van der Waals surface area contributed by atoms with Crippen molar-refractivity contribution in [1.29, 1.82) is 0 Å². The number of fused-ring (bicyclic) bond motifs is 2. The highest BCUT2D eigenvalue weighted by molar-refractivity contribution is 5.68. The predicted molar refractivity (Wildman–Crippen MR) is 103 cm³/mol. The number of ether oxygens (including phenoxy) is 2. The van der Waals surface area contributed by atoms with Crippen LogP contribution in [0.4, 0.5) is 5.69 Å². The van der Waals surface area contributed by atoms with Crippen LogP contribution >= 0.6 is 0 Å². The largest absolute Gasteiger partial charge is 0.493 e. The highest BCUT2D eigenvalue weighted by atomic mass is 16.5. The van der Waals surface area contributed by atoms with E-state index in [9.17, 15) is 5.11 Å². The molecule has 4 nitrogen and oxygen atoms in total. The van der Waals surface area contributed by atoms with Gasteiger partial charge in [-0.2, -0.15) is 0 Å². The zero-order chi connectivity index (χ0) is 18.1. The minimum absolute atomic E-state index is 0.329. The molecule has 0 saturated carbocycles. The van der Waals surface area contributed by atoms with Crippen LogP contribution in [0.3, 0.4) is 0 Å². The van der Waals surface area contributed by atoms with E-state index in [1.807, 2.05) is 6.07 Å². The predicted octanol–water partition coefficient (Wildman–Crippen LogP) is 4.19. The van der Waals surface area contributed by atoms with Crippen molar-refractivity contribution in [2.45, 2.75) is 38.2 Å². The third-order valence-electron chi connectivity index (χ3n) is 5.58. The molecule has 0 aliphatic heterocycles. The lowest BCUT2D eigenvalue weighted by atomic mass is 9.84. The lowest BCUT2D eigenvalue weighted by molar-refractivity contribution is 0.180. The number of methoxy groups -OCH3 is 2. The molecule has 0 saturated heterocycles. The number of aryl methyl sites for hydroxylation is 2. The Balaban J connectivity index is 1.51. The lowest BCUT2D eigenvalue weighted by Gasteiger charge is -2.23. The van der Waals surface area contributed by atoms with Crippen molar-refractivity contribution in [3.8, 4) is 11.5 Å². The van der Waals surface area contributed by atoms with Gasteiger partial charge >= 0.3 is 0 Å². The van der Waals surface area contributed by atoms with Crippen molar-refractivity contribution >= 4 is 11.9 Å². The third kappa shape index (κ3) is 3.21. The van der Waals surface area contributed by atoms with E-state index in [-0.39, 0.29) is 6.10 Å². The summed E-state index contributed by atoms with van der Waals surface area (Å²) in [6.07, 6.45) is 6.60. The maximum absolute atomic E-state index is 10.1. The Labute approximate surface area is 154 Å². The highest BCUT2D eigenvalue weighted by Crippen LogP contribution is 2.36. The van der Waals surface area contributed by atoms with E-state index in [1.54, 1.807) is 14.2 Å². The first-order chi connectivity index (χ1) is 12.7. The van der Waals surface area contributed by atoms with Gasteiger partial charge < -0.3 is 14.6 Å². The molecule has 0 radical (unpaired) electrons. The van der Waals surface area contributed by atoms with Crippen LogP contribution < -0.4 is 9.47 Å². The van der Waals surface area contributed by atoms with Crippen LogP contribution in [0.1, 0.15) is 41.2 Å². The second-order valence-electron chi connectivity index (χ2n) is 7.19. The normalized spacial score (nSPS) is 21.5. The Morgan fingerprint density at radius 2 is 1.69 bits per heavy atom.